The highest BCUT2D eigenvalue weighted by Crippen LogP contribution is 2.29. The van der Waals surface area contributed by atoms with Crippen LogP contribution in [-0.2, 0) is 0 Å². The largest absolute Gasteiger partial charge is 0.362 e. The van der Waals surface area contributed by atoms with Crippen LogP contribution in [-0.4, -0.2) is 11.7 Å². The number of hydrogen-bond acceptors (Lipinski definition) is 1. The van der Waals surface area contributed by atoms with Crippen LogP contribution in [0.4, 0.5) is 5.69 Å². The van der Waals surface area contributed by atoms with Gasteiger partial charge < -0.3 is 10.6 Å². The Kier molecular flexibility index (Phi) is 5.88. The maximum absolute atomic E-state index is 6.02. The van der Waals surface area contributed by atoms with E-state index >= 15 is 0 Å². The highest BCUT2D eigenvalue weighted by Gasteiger charge is 2.05. The minimum Gasteiger partial charge on any atom is -0.362 e. The van der Waals surface area contributed by atoms with E-state index in [0.717, 1.165) is 25.1 Å². The van der Waals surface area contributed by atoms with Gasteiger partial charge in [-0.15, -0.1) is 0 Å². The second-order valence-electron chi connectivity index (χ2n) is 3.34. The van der Waals surface area contributed by atoms with Gasteiger partial charge >= 0.3 is 0 Å². The molecule has 0 radical (unpaired) electrons. The zero-order valence-corrected chi connectivity index (χ0v) is 11.3. The molecule has 5 heteroatoms. The molecule has 0 fully saturated rings. The van der Waals surface area contributed by atoms with Gasteiger partial charge in [-0.3, -0.25) is 0 Å². The first-order valence-electron chi connectivity index (χ1n) is 5.14. The fourth-order valence-corrected chi connectivity index (χ4v) is 1.71. The van der Waals surface area contributed by atoms with Crippen molar-refractivity contribution >= 4 is 46.2 Å². The molecule has 1 rings (SSSR count). The molecule has 0 heterocycles. The molecule has 88 valence electrons. The summed E-state index contributed by atoms with van der Waals surface area (Å²) < 4.78 is 0. The number of halogens is 2. The lowest BCUT2D eigenvalue weighted by Gasteiger charge is -2.11. The average Bonchev–Trinajstić information content (AvgIpc) is 2.25. The van der Waals surface area contributed by atoms with Crippen molar-refractivity contribution in [2.75, 3.05) is 11.9 Å². The SMILES string of the molecule is CCCCNC(=S)Nc1cccc(Cl)c1Cl. The lowest BCUT2D eigenvalue weighted by Crippen LogP contribution is -2.29. The van der Waals surface area contributed by atoms with E-state index in [1.54, 1.807) is 6.07 Å². The van der Waals surface area contributed by atoms with Gasteiger partial charge in [0, 0.05) is 6.54 Å². The molecular weight excluding hydrogens is 263 g/mol. The molecule has 2 N–H and O–H groups in total. The van der Waals surface area contributed by atoms with Crippen LogP contribution in [0.2, 0.25) is 10.0 Å². The predicted molar refractivity (Wildman–Crippen MR) is 75.6 cm³/mol. The van der Waals surface area contributed by atoms with Crippen molar-refractivity contribution in [3.05, 3.63) is 28.2 Å². The number of rotatable bonds is 4. The average molecular weight is 277 g/mol. The van der Waals surface area contributed by atoms with E-state index in [-0.39, 0.29) is 0 Å². The molecule has 0 saturated carbocycles. The van der Waals surface area contributed by atoms with E-state index in [4.69, 9.17) is 35.4 Å². The van der Waals surface area contributed by atoms with Crippen LogP contribution in [0.25, 0.3) is 0 Å². The summed E-state index contributed by atoms with van der Waals surface area (Å²) in [5.74, 6) is 0. The van der Waals surface area contributed by atoms with Gasteiger partial charge in [0.2, 0.25) is 0 Å². The first-order chi connectivity index (χ1) is 7.65. The Morgan fingerprint density at radius 1 is 1.38 bits per heavy atom. The molecule has 0 atom stereocenters. The van der Waals surface area contributed by atoms with Crippen LogP contribution in [0, 0.1) is 0 Å². The Morgan fingerprint density at radius 2 is 2.12 bits per heavy atom. The quantitative estimate of drug-likeness (QED) is 0.640. The van der Waals surface area contributed by atoms with Crippen LogP contribution in [0.5, 0.6) is 0 Å². The van der Waals surface area contributed by atoms with E-state index in [0.29, 0.717) is 15.2 Å². The third-order valence-corrected chi connectivity index (χ3v) is 3.08. The Bertz CT molecular complexity index is 369. The third-order valence-electron chi connectivity index (χ3n) is 2.02. The third kappa shape index (κ3) is 4.16. The van der Waals surface area contributed by atoms with Crippen LogP contribution < -0.4 is 10.6 Å². The molecule has 1 aromatic carbocycles. The summed E-state index contributed by atoms with van der Waals surface area (Å²) in [5.41, 5.74) is 0.725. The summed E-state index contributed by atoms with van der Waals surface area (Å²) in [5, 5.41) is 7.68. The molecule has 0 spiro atoms. The molecule has 0 amide bonds. The molecule has 2 nitrogen and oxygen atoms in total. The van der Waals surface area contributed by atoms with Gasteiger partial charge in [-0.1, -0.05) is 42.6 Å². The zero-order valence-electron chi connectivity index (χ0n) is 9.02. The normalized spacial score (nSPS) is 9.94. The molecule has 0 aliphatic rings. The van der Waals surface area contributed by atoms with E-state index < -0.39 is 0 Å². The summed E-state index contributed by atoms with van der Waals surface area (Å²) in [6.45, 7) is 2.99. The number of nitrogens with one attached hydrogen (secondary N) is 2. The number of anilines is 1. The van der Waals surface area contributed by atoms with Gasteiger partial charge in [0.25, 0.3) is 0 Å². The molecular formula is C11H14Cl2N2S. The maximum Gasteiger partial charge on any atom is 0.170 e. The lowest BCUT2D eigenvalue weighted by molar-refractivity contribution is 0.758. The summed E-state index contributed by atoms with van der Waals surface area (Å²) in [6, 6.07) is 5.40. The smallest absolute Gasteiger partial charge is 0.170 e. The highest BCUT2D eigenvalue weighted by molar-refractivity contribution is 7.80. The van der Waals surface area contributed by atoms with Crippen LogP contribution in [0.1, 0.15) is 19.8 Å². The number of hydrogen-bond donors (Lipinski definition) is 2. The first-order valence-corrected chi connectivity index (χ1v) is 6.30. The van der Waals surface area contributed by atoms with E-state index in [9.17, 15) is 0 Å². The highest BCUT2D eigenvalue weighted by atomic mass is 35.5. The Balaban J connectivity index is 2.53. The standard InChI is InChI=1S/C11H14Cl2N2S/c1-2-3-7-14-11(16)15-9-6-4-5-8(12)10(9)13/h4-6H,2-3,7H2,1H3,(H2,14,15,16). The lowest BCUT2D eigenvalue weighted by atomic mass is 10.3. The molecule has 0 unspecified atom stereocenters. The van der Waals surface area contributed by atoms with E-state index in [1.165, 1.54) is 0 Å². The van der Waals surface area contributed by atoms with Gasteiger partial charge in [-0.25, -0.2) is 0 Å². The summed E-state index contributed by atoms with van der Waals surface area (Å²) in [7, 11) is 0. The van der Waals surface area contributed by atoms with E-state index in [1.807, 2.05) is 12.1 Å². The fourth-order valence-electron chi connectivity index (χ4n) is 1.15. The Morgan fingerprint density at radius 3 is 2.81 bits per heavy atom. The number of thiocarbonyl (C=S) groups is 1. The summed E-state index contributed by atoms with van der Waals surface area (Å²) in [4.78, 5) is 0. The molecule has 1 aromatic rings. The molecule has 16 heavy (non-hydrogen) atoms. The summed E-state index contributed by atoms with van der Waals surface area (Å²) >= 11 is 17.0. The molecule has 0 aromatic heterocycles. The molecule has 0 saturated heterocycles. The molecule has 0 aliphatic carbocycles. The Hall–Kier alpha value is -0.510. The van der Waals surface area contributed by atoms with Gasteiger partial charge in [0.05, 0.1) is 15.7 Å². The Labute approximate surface area is 111 Å². The minimum absolute atomic E-state index is 0.490. The van der Waals surface area contributed by atoms with Crippen molar-refractivity contribution in [1.29, 1.82) is 0 Å². The van der Waals surface area contributed by atoms with Crippen LogP contribution in [0.3, 0.4) is 0 Å². The molecule has 0 aliphatic heterocycles. The number of unbranched alkanes of at least 4 members (excludes halogenated alkanes) is 1. The zero-order chi connectivity index (χ0) is 12.0. The topological polar surface area (TPSA) is 24.1 Å². The fraction of sp³-hybridized carbons (Fsp3) is 0.364. The van der Waals surface area contributed by atoms with Gasteiger partial charge in [0.15, 0.2) is 5.11 Å². The first kappa shape index (κ1) is 13.6. The second kappa shape index (κ2) is 6.94. The van der Waals surface area contributed by atoms with Crippen LogP contribution in [0.15, 0.2) is 18.2 Å². The van der Waals surface area contributed by atoms with E-state index in [2.05, 4.69) is 17.6 Å². The molecule has 0 bridgehead atoms. The van der Waals surface area contributed by atoms with Crippen molar-refractivity contribution < 1.29 is 0 Å². The van der Waals surface area contributed by atoms with Gasteiger partial charge in [-0.2, -0.15) is 0 Å². The predicted octanol–water partition coefficient (Wildman–Crippen LogP) is 4.08. The van der Waals surface area contributed by atoms with Crippen molar-refractivity contribution in [3.63, 3.8) is 0 Å². The van der Waals surface area contributed by atoms with Crippen molar-refractivity contribution in [1.82, 2.24) is 5.32 Å². The van der Waals surface area contributed by atoms with Gasteiger partial charge in [0.1, 0.15) is 0 Å². The minimum atomic E-state index is 0.490. The summed E-state index contributed by atoms with van der Waals surface area (Å²) in [6.07, 6.45) is 2.22. The van der Waals surface area contributed by atoms with Crippen molar-refractivity contribution in [3.8, 4) is 0 Å². The van der Waals surface area contributed by atoms with Gasteiger partial charge in [-0.05, 0) is 30.8 Å². The van der Waals surface area contributed by atoms with Crippen molar-refractivity contribution in [2.45, 2.75) is 19.8 Å². The maximum atomic E-state index is 6.02. The van der Waals surface area contributed by atoms with Crippen molar-refractivity contribution in [2.24, 2.45) is 0 Å². The second-order valence-corrected chi connectivity index (χ2v) is 4.53. The van der Waals surface area contributed by atoms with Crippen LogP contribution >= 0.6 is 35.4 Å². The monoisotopic (exact) mass is 276 g/mol. The number of benzene rings is 1.